The molecule has 0 saturated heterocycles. The molecular formula is C10H6ClN3S. The van der Waals surface area contributed by atoms with E-state index >= 15 is 0 Å². The van der Waals surface area contributed by atoms with Gasteiger partial charge in [-0.2, -0.15) is 5.10 Å². The summed E-state index contributed by atoms with van der Waals surface area (Å²) in [5, 5.41) is 10.5. The van der Waals surface area contributed by atoms with Crippen molar-refractivity contribution in [1.82, 2.24) is 0 Å². The van der Waals surface area contributed by atoms with Crippen molar-refractivity contribution in [1.29, 1.82) is 0 Å². The van der Waals surface area contributed by atoms with E-state index in [0.29, 0.717) is 0 Å². The van der Waals surface area contributed by atoms with Gasteiger partial charge in [0, 0.05) is 10.6 Å². The number of nitrogens with zero attached hydrogens (tertiary/aromatic N) is 3. The van der Waals surface area contributed by atoms with Crippen molar-refractivity contribution < 1.29 is 0 Å². The van der Waals surface area contributed by atoms with Gasteiger partial charge in [-0.1, -0.05) is 23.7 Å². The molecule has 0 radical (unpaired) electrons. The van der Waals surface area contributed by atoms with Gasteiger partial charge in [0.1, 0.15) is 16.1 Å². The SMILES string of the molecule is Clc1cccc(C2=N[C@H]3C=NN=C3S2)c1. The van der Waals surface area contributed by atoms with Crippen LogP contribution in [0.1, 0.15) is 5.56 Å². The molecule has 1 aromatic rings. The molecular weight excluding hydrogens is 230 g/mol. The Hall–Kier alpha value is -1.13. The molecule has 5 heteroatoms. The van der Waals surface area contributed by atoms with Crippen LogP contribution in [0.5, 0.6) is 0 Å². The van der Waals surface area contributed by atoms with Gasteiger partial charge in [-0.3, -0.25) is 4.99 Å². The molecule has 15 heavy (non-hydrogen) atoms. The van der Waals surface area contributed by atoms with Gasteiger partial charge < -0.3 is 0 Å². The maximum Gasteiger partial charge on any atom is 0.138 e. The van der Waals surface area contributed by atoms with Gasteiger partial charge >= 0.3 is 0 Å². The minimum atomic E-state index is 0.0315. The lowest BCUT2D eigenvalue weighted by Gasteiger charge is -1.98. The average Bonchev–Trinajstić information content (AvgIpc) is 2.76. The Morgan fingerprint density at radius 2 is 2.27 bits per heavy atom. The molecule has 0 saturated carbocycles. The second-order valence-corrected chi connectivity index (χ2v) is 4.64. The number of fused-ring (bicyclic) bond motifs is 1. The highest BCUT2D eigenvalue weighted by Crippen LogP contribution is 2.28. The van der Waals surface area contributed by atoms with Crippen molar-refractivity contribution in [3.05, 3.63) is 34.9 Å². The van der Waals surface area contributed by atoms with Crippen LogP contribution in [0.15, 0.2) is 39.5 Å². The molecule has 0 amide bonds. The summed E-state index contributed by atoms with van der Waals surface area (Å²) in [6.07, 6.45) is 1.75. The first-order chi connectivity index (χ1) is 7.33. The van der Waals surface area contributed by atoms with E-state index in [1.165, 1.54) is 0 Å². The molecule has 0 N–H and O–H groups in total. The van der Waals surface area contributed by atoms with Gasteiger partial charge in [-0.15, -0.1) is 5.10 Å². The van der Waals surface area contributed by atoms with Crippen LogP contribution < -0.4 is 0 Å². The molecule has 0 aromatic heterocycles. The summed E-state index contributed by atoms with van der Waals surface area (Å²) in [5.74, 6) is 0. The van der Waals surface area contributed by atoms with Gasteiger partial charge in [0.25, 0.3) is 0 Å². The average molecular weight is 236 g/mol. The van der Waals surface area contributed by atoms with Crippen molar-refractivity contribution >= 4 is 39.7 Å². The number of benzene rings is 1. The topological polar surface area (TPSA) is 37.1 Å². The van der Waals surface area contributed by atoms with E-state index in [4.69, 9.17) is 11.6 Å². The molecule has 1 aromatic carbocycles. The third kappa shape index (κ3) is 1.60. The van der Waals surface area contributed by atoms with E-state index in [-0.39, 0.29) is 6.04 Å². The molecule has 0 spiro atoms. The Morgan fingerprint density at radius 1 is 1.33 bits per heavy atom. The molecule has 1 atom stereocenters. The normalized spacial score (nSPS) is 22.6. The van der Waals surface area contributed by atoms with Crippen molar-refractivity contribution in [3.63, 3.8) is 0 Å². The summed E-state index contributed by atoms with van der Waals surface area (Å²) in [5.41, 5.74) is 1.04. The number of thioether (sulfide) groups is 1. The number of aliphatic imine (C=N–C) groups is 1. The predicted molar refractivity (Wildman–Crippen MR) is 65.3 cm³/mol. The van der Waals surface area contributed by atoms with Gasteiger partial charge in [0.15, 0.2) is 0 Å². The van der Waals surface area contributed by atoms with Crippen LogP contribution >= 0.6 is 23.4 Å². The van der Waals surface area contributed by atoms with E-state index in [0.717, 1.165) is 20.7 Å². The Bertz CT molecular complexity index is 507. The fourth-order valence-electron chi connectivity index (χ4n) is 1.45. The van der Waals surface area contributed by atoms with Crippen LogP contribution in [-0.2, 0) is 0 Å². The number of rotatable bonds is 1. The van der Waals surface area contributed by atoms with Crippen molar-refractivity contribution in [3.8, 4) is 0 Å². The molecule has 0 fully saturated rings. The molecule has 0 unspecified atom stereocenters. The second kappa shape index (κ2) is 3.47. The molecule has 3 nitrogen and oxygen atoms in total. The monoisotopic (exact) mass is 235 g/mol. The maximum absolute atomic E-state index is 5.92. The van der Waals surface area contributed by atoms with Gasteiger partial charge in [0.2, 0.25) is 0 Å². The van der Waals surface area contributed by atoms with Crippen molar-refractivity contribution in [2.75, 3.05) is 0 Å². The molecule has 2 aliphatic rings. The zero-order valence-electron chi connectivity index (χ0n) is 7.59. The minimum absolute atomic E-state index is 0.0315. The molecule has 2 heterocycles. The summed E-state index contributed by atoms with van der Waals surface area (Å²) in [6.45, 7) is 0. The minimum Gasteiger partial charge on any atom is -0.261 e. The lowest BCUT2D eigenvalue weighted by Crippen LogP contribution is -2.06. The quantitative estimate of drug-likeness (QED) is 0.737. The lowest BCUT2D eigenvalue weighted by atomic mass is 10.2. The molecule has 0 aliphatic carbocycles. The summed E-state index contributed by atoms with van der Waals surface area (Å²) >= 11 is 7.48. The molecule has 2 aliphatic heterocycles. The summed E-state index contributed by atoms with van der Waals surface area (Å²) in [7, 11) is 0. The van der Waals surface area contributed by atoms with Crippen LogP contribution in [0, 0.1) is 0 Å². The van der Waals surface area contributed by atoms with Crippen LogP contribution in [0.25, 0.3) is 0 Å². The fraction of sp³-hybridized carbons (Fsp3) is 0.100. The van der Waals surface area contributed by atoms with Crippen LogP contribution in [0.4, 0.5) is 0 Å². The Balaban J connectivity index is 1.97. The number of halogens is 1. The molecule has 3 rings (SSSR count). The van der Waals surface area contributed by atoms with Gasteiger partial charge in [-0.05, 0) is 23.9 Å². The largest absolute Gasteiger partial charge is 0.261 e. The fourth-order valence-corrected chi connectivity index (χ4v) is 2.57. The third-order valence-electron chi connectivity index (χ3n) is 2.15. The molecule has 0 bridgehead atoms. The first-order valence-corrected chi connectivity index (χ1v) is 5.65. The van der Waals surface area contributed by atoms with Gasteiger partial charge in [0.05, 0.1) is 6.21 Å². The summed E-state index contributed by atoms with van der Waals surface area (Å²) < 4.78 is 0. The smallest absolute Gasteiger partial charge is 0.138 e. The van der Waals surface area contributed by atoms with E-state index in [1.54, 1.807) is 18.0 Å². The zero-order chi connectivity index (χ0) is 10.3. The van der Waals surface area contributed by atoms with E-state index in [2.05, 4.69) is 15.2 Å². The van der Waals surface area contributed by atoms with E-state index < -0.39 is 0 Å². The third-order valence-corrected chi connectivity index (χ3v) is 3.45. The van der Waals surface area contributed by atoms with Crippen molar-refractivity contribution in [2.45, 2.75) is 6.04 Å². The maximum atomic E-state index is 5.92. The Labute approximate surface area is 96.0 Å². The summed E-state index contributed by atoms with van der Waals surface area (Å²) in [6, 6.07) is 7.71. The summed E-state index contributed by atoms with van der Waals surface area (Å²) in [4.78, 5) is 4.50. The number of hydrogen-bond donors (Lipinski definition) is 0. The Morgan fingerprint density at radius 3 is 3.07 bits per heavy atom. The Kier molecular flexibility index (Phi) is 2.11. The lowest BCUT2D eigenvalue weighted by molar-refractivity contribution is 1.22. The zero-order valence-corrected chi connectivity index (χ0v) is 9.16. The molecule has 74 valence electrons. The van der Waals surface area contributed by atoms with Gasteiger partial charge in [-0.25, -0.2) is 0 Å². The highest BCUT2D eigenvalue weighted by molar-refractivity contribution is 8.27. The second-order valence-electron chi connectivity index (χ2n) is 3.19. The predicted octanol–water partition coefficient (Wildman–Crippen LogP) is 2.60. The highest BCUT2D eigenvalue weighted by atomic mass is 35.5. The first-order valence-electron chi connectivity index (χ1n) is 4.45. The van der Waals surface area contributed by atoms with Crippen molar-refractivity contribution in [2.24, 2.45) is 15.2 Å². The van der Waals surface area contributed by atoms with Crippen LogP contribution in [0.2, 0.25) is 5.02 Å². The highest BCUT2D eigenvalue weighted by Gasteiger charge is 2.28. The standard InChI is InChI=1S/C10H6ClN3S/c11-7-3-1-2-6(4-7)9-13-8-5-12-14-10(8)15-9/h1-5,8H/t8-/m0/s1. The number of hydrogen-bond acceptors (Lipinski definition) is 4. The first kappa shape index (κ1) is 9.12. The van der Waals surface area contributed by atoms with Crippen LogP contribution in [0.3, 0.4) is 0 Å². The van der Waals surface area contributed by atoms with E-state index in [9.17, 15) is 0 Å². The van der Waals surface area contributed by atoms with Crippen LogP contribution in [-0.4, -0.2) is 22.3 Å². The van der Waals surface area contributed by atoms with E-state index in [1.807, 2.05) is 24.3 Å².